The number of anilines is 2. The van der Waals surface area contributed by atoms with Crippen molar-refractivity contribution >= 4 is 50.5 Å². The van der Waals surface area contributed by atoms with Crippen LogP contribution >= 0.6 is 23.2 Å². The Morgan fingerprint density at radius 2 is 1.74 bits per heavy atom. The number of nitrogens with zero attached hydrogens (tertiary/aromatic N) is 2. The van der Waals surface area contributed by atoms with Crippen LogP contribution in [0.2, 0.25) is 10.0 Å². The van der Waals surface area contributed by atoms with E-state index in [2.05, 4.69) is 5.32 Å². The summed E-state index contributed by atoms with van der Waals surface area (Å²) in [6.07, 6.45) is 1.27. The van der Waals surface area contributed by atoms with Gasteiger partial charge in [-0.2, -0.15) is 5.26 Å². The average molecular weight is 426 g/mol. The van der Waals surface area contributed by atoms with Gasteiger partial charge in [0.25, 0.3) is 0 Å². The minimum absolute atomic E-state index is 0.196. The fourth-order valence-corrected chi connectivity index (χ4v) is 4.19. The molecule has 142 valence electrons. The summed E-state index contributed by atoms with van der Waals surface area (Å²) in [5, 5.41) is 11.9. The van der Waals surface area contributed by atoms with Crippen LogP contribution in [0, 0.1) is 11.3 Å². The van der Waals surface area contributed by atoms with Crippen LogP contribution < -0.4 is 9.62 Å². The Kier molecular flexibility index (Phi) is 6.71. The molecule has 0 aliphatic rings. The number of hydrogen-bond donors (Lipinski definition) is 1. The van der Waals surface area contributed by atoms with Crippen LogP contribution in [0.5, 0.6) is 0 Å². The molecule has 1 atom stereocenters. The van der Waals surface area contributed by atoms with Gasteiger partial charge < -0.3 is 5.32 Å². The van der Waals surface area contributed by atoms with Crippen molar-refractivity contribution in [1.29, 1.82) is 5.26 Å². The number of carbonyl (C=O) groups is 1. The first-order valence-corrected chi connectivity index (χ1v) is 10.4. The highest BCUT2D eigenvalue weighted by Crippen LogP contribution is 2.29. The van der Waals surface area contributed by atoms with Crippen molar-refractivity contribution in [1.82, 2.24) is 0 Å². The van der Waals surface area contributed by atoms with Gasteiger partial charge in [0.15, 0.2) is 0 Å². The van der Waals surface area contributed by atoms with Crippen LogP contribution in [0.1, 0.15) is 12.5 Å². The second-order valence-electron chi connectivity index (χ2n) is 5.88. The monoisotopic (exact) mass is 425 g/mol. The molecule has 0 radical (unpaired) electrons. The molecule has 0 saturated heterocycles. The van der Waals surface area contributed by atoms with Crippen molar-refractivity contribution in [2.45, 2.75) is 19.4 Å². The predicted octanol–water partition coefficient (Wildman–Crippen LogP) is 3.85. The molecule has 0 aromatic heterocycles. The topological polar surface area (TPSA) is 90.3 Å². The lowest BCUT2D eigenvalue weighted by atomic mass is 10.1. The van der Waals surface area contributed by atoms with E-state index in [0.717, 1.165) is 16.1 Å². The largest absolute Gasteiger partial charge is 0.324 e. The molecule has 0 aliphatic carbocycles. The normalized spacial score (nSPS) is 12.1. The van der Waals surface area contributed by atoms with Gasteiger partial charge in [-0.15, -0.1) is 0 Å². The zero-order valence-electron chi connectivity index (χ0n) is 14.6. The number of amides is 1. The van der Waals surface area contributed by atoms with Crippen LogP contribution in [0.4, 0.5) is 11.4 Å². The maximum Gasteiger partial charge on any atom is 0.247 e. The van der Waals surface area contributed by atoms with Crippen LogP contribution in [0.15, 0.2) is 42.5 Å². The maximum absolute atomic E-state index is 12.6. The Labute approximate surface area is 168 Å². The van der Waals surface area contributed by atoms with Crippen LogP contribution in [0.25, 0.3) is 0 Å². The number of hydrogen-bond acceptors (Lipinski definition) is 4. The van der Waals surface area contributed by atoms with E-state index >= 15 is 0 Å². The summed E-state index contributed by atoms with van der Waals surface area (Å²) in [4.78, 5) is 12.6. The Morgan fingerprint density at radius 1 is 1.19 bits per heavy atom. The van der Waals surface area contributed by atoms with Crippen LogP contribution in [-0.4, -0.2) is 26.6 Å². The molecule has 2 rings (SSSR count). The van der Waals surface area contributed by atoms with Gasteiger partial charge in [0, 0.05) is 15.7 Å². The van der Waals surface area contributed by atoms with Gasteiger partial charge in [0.1, 0.15) is 6.04 Å². The summed E-state index contributed by atoms with van der Waals surface area (Å²) >= 11 is 11.9. The fourth-order valence-electron chi connectivity index (χ4n) is 2.52. The van der Waals surface area contributed by atoms with E-state index in [1.807, 2.05) is 6.07 Å². The van der Waals surface area contributed by atoms with Crippen molar-refractivity contribution in [3.05, 3.63) is 58.1 Å². The van der Waals surface area contributed by atoms with Crippen molar-refractivity contribution in [3.63, 3.8) is 0 Å². The lowest BCUT2D eigenvalue weighted by Gasteiger charge is -2.28. The summed E-state index contributed by atoms with van der Waals surface area (Å²) in [5.74, 6) is -0.524. The van der Waals surface area contributed by atoms with Gasteiger partial charge in [-0.3, -0.25) is 9.10 Å². The summed E-state index contributed by atoms with van der Waals surface area (Å²) < 4.78 is 25.6. The number of sulfonamides is 1. The third kappa shape index (κ3) is 5.60. The molecule has 0 spiro atoms. The van der Waals surface area contributed by atoms with E-state index in [-0.39, 0.29) is 22.2 Å². The highest BCUT2D eigenvalue weighted by Gasteiger charge is 2.29. The van der Waals surface area contributed by atoms with Gasteiger partial charge >= 0.3 is 0 Å². The lowest BCUT2D eigenvalue weighted by Crippen LogP contribution is -2.45. The lowest BCUT2D eigenvalue weighted by molar-refractivity contribution is -0.116. The predicted molar refractivity (Wildman–Crippen MR) is 108 cm³/mol. The molecule has 1 amide bonds. The highest BCUT2D eigenvalue weighted by molar-refractivity contribution is 7.92. The van der Waals surface area contributed by atoms with Gasteiger partial charge in [-0.1, -0.05) is 35.3 Å². The van der Waals surface area contributed by atoms with Gasteiger partial charge in [-0.05, 0) is 42.8 Å². The number of nitriles is 1. The smallest absolute Gasteiger partial charge is 0.247 e. The number of halogens is 2. The van der Waals surface area contributed by atoms with Gasteiger partial charge in [0.05, 0.1) is 24.4 Å². The number of benzene rings is 2. The summed E-state index contributed by atoms with van der Waals surface area (Å²) in [6.45, 7) is 1.47. The van der Waals surface area contributed by atoms with Gasteiger partial charge in [0.2, 0.25) is 15.9 Å². The molecule has 1 unspecified atom stereocenters. The molecule has 27 heavy (non-hydrogen) atoms. The molecule has 0 aliphatic heterocycles. The molecular weight excluding hydrogens is 409 g/mol. The molecule has 0 heterocycles. The summed E-state index contributed by atoms with van der Waals surface area (Å²) in [6, 6.07) is 12.1. The Bertz CT molecular complexity index is 966. The SMILES string of the molecule is CC(C(=O)Nc1ccc(CC#N)cc1)N(c1cc(Cl)cc(Cl)c1)S(C)(=O)=O. The Balaban J connectivity index is 2.28. The summed E-state index contributed by atoms with van der Waals surface area (Å²) in [7, 11) is -3.78. The third-order valence-electron chi connectivity index (χ3n) is 3.69. The molecule has 1 N–H and O–H groups in total. The zero-order valence-corrected chi connectivity index (χ0v) is 16.9. The zero-order chi connectivity index (χ0) is 20.2. The second-order valence-corrected chi connectivity index (χ2v) is 8.62. The highest BCUT2D eigenvalue weighted by atomic mass is 35.5. The molecule has 0 fully saturated rings. The Hall–Kier alpha value is -2.27. The van der Waals surface area contributed by atoms with Crippen LogP contribution in [0.3, 0.4) is 0 Å². The maximum atomic E-state index is 12.6. The molecule has 0 bridgehead atoms. The van der Waals surface area contributed by atoms with Gasteiger partial charge in [-0.25, -0.2) is 8.42 Å². The number of rotatable bonds is 6. The van der Waals surface area contributed by atoms with Crippen molar-refractivity contribution in [2.75, 3.05) is 15.9 Å². The molecule has 2 aromatic carbocycles. The van der Waals surface area contributed by atoms with E-state index in [1.165, 1.54) is 25.1 Å². The number of carbonyl (C=O) groups excluding carboxylic acids is 1. The first-order chi connectivity index (χ1) is 12.6. The van der Waals surface area contributed by atoms with E-state index < -0.39 is 22.0 Å². The quantitative estimate of drug-likeness (QED) is 0.760. The van der Waals surface area contributed by atoms with Crippen molar-refractivity contribution < 1.29 is 13.2 Å². The first kappa shape index (κ1) is 21.0. The minimum Gasteiger partial charge on any atom is -0.324 e. The molecule has 6 nitrogen and oxygen atoms in total. The van der Waals surface area contributed by atoms with E-state index in [9.17, 15) is 13.2 Å². The molecule has 0 saturated carbocycles. The van der Waals surface area contributed by atoms with Crippen LogP contribution in [-0.2, 0) is 21.2 Å². The molecule has 2 aromatic rings. The average Bonchev–Trinajstić information content (AvgIpc) is 2.54. The van der Waals surface area contributed by atoms with Crippen molar-refractivity contribution in [2.24, 2.45) is 0 Å². The standard InChI is InChI=1S/C18H17Cl2N3O3S/c1-12(18(24)22-16-5-3-13(4-6-16)7-8-21)23(27(2,25)26)17-10-14(19)9-15(20)11-17/h3-6,9-12H,7H2,1-2H3,(H,22,24). The second kappa shape index (κ2) is 8.61. The first-order valence-electron chi connectivity index (χ1n) is 7.84. The Morgan fingerprint density at radius 3 is 2.22 bits per heavy atom. The summed E-state index contributed by atoms with van der Waals surface area (Å²) in [5.41, 5.74) is 1.50. The van der Waals surface area contributed by atoms with E-state index in [0.29, 0.717) is 5.69 Å². The minimum atomic E-state index is -3.78. The van der Waals surface area contributed by atoms with E-state index in [1.54, 1.807) is 24.3 Å². The molecular formula is C18H17Cl2N3O3S. The fraction of sp³-hybridized carbons (Fsp3) is 0.222. The number of nitrogens with one attached hydrogen (secondary N) is 1. The van der Waals surface area contributed by atoms with Crippen molar-refractivity contribution in [3.8, 4) is 6.07 Å². The molecule has 9 heteroatoms. The van der Waals surface area contributed by atoms with E-state index in [4.69, 9.17) is 28.5 Å². The third-order valence-corrected chi connectivity index (χ3v) is 5.37.